The Labute approximate surface area is 205 Å². The van der Waals surface area contributed by atoms with Crippen molar-refractivity contribution < 1.29 is 54.6 Å². The van der Waals surface area contributed by atoms with Crippen molar-refractivity contribution in [3.05, 3.63) is 0 Å². The molecule has 12 nitrogen and oxygen atoms in total. The summed E-state index contributed by atoms with van der Waals surface area (Å²) < 4.78 is 72.5. The van der Waals surface area contributed by atoms with Crippen LogP contribution in [0.1, 0.15) is 34.6 Å². The minimum atomic E-state index is -5.17. The average molecular weight is 577 g/mol. The van der Waals surface area contributed by atoms with Crippen molar-refractivity contribution >= 4 is 35.0 Å². The molecule has 0 atom stereocenters. The number of rotatable bonds is 3. The first-order valence-electron chi connectivity index (χ1n) is 11.8. The van der Waals surface area contributed by atoms with Crippen LogP contribution in [-0.2, 0) is 54.6 Å². The molecule has 16 heteroatoms. The molecule has 10 saturated heterocycles. The normalized spacial score (nSPS) is 56.4. The van der Waals surface area contributed by atoms with Crippen LogP contribution < -0.4 is 0 Å². The van der Waals surface area contributed by atoms with E-state index in [-0.39, 0.29) is 16.2 Å². The Kier molecular flexibility index (Phi) is 4.90. The van der Waals surface area contributed by atoms with E-state index in [9.17, 15) is 4.79 Å². The molecule has 0 spiro atoms. The van der Waals surface area contributed by atoms with Crippen LogP contribution in [-0.4, -0.2) is 71.0 Å². The van der Waals surface area contributed by atoms with Gasteiger partial charge in [0, 0.05) is 0 Å². The van der Waals surface area contributed by atoms with Gasteiger partial charge in [0.05, 0.1) is 0 Å². The Morgan fingerprint density at radius 2 is 0.800 bits per heavy atom. The minimum absolute atomic E-state index is 0.315. The molecule has 0 radical (unpaired) electrons. The third-order valence-corrected chi connectivity index (χ3v) is 39.4. The van der Waals surface area contributed by atoms with Crippen LogP contribution >= 0.6 is 29.0 Å². The second-order valence-electron chi connectivity index (χ2n) is 12.1. The zero-order valence-corrected chi connectivity index (χ0v) is 24.1. The van der Waals surface area contributed by atoms with E-state index in [0.717, 1.165) is 0 Å². The van der Waals surface area contributed by atoms with Gasteiger partial charge in [0.15, 0.2) is 0 Å². The van der Waals surface area contributed by atoms with Crippen LogP contribution in [0.5, 0.6) is 0 Å². The standard InChI is InChI=1S/C19H33O12P4/c1-16(2)15(20)30-35(31-16,32-21-6-17(3,7-22-32)8-23-32,33-24-9-18(4,10-25-33)11-26-33)34-27-12-19(5,13-28-34)14-29-34/h6-14H2,1-5H3/q+3. The van der Waals surface area contributed by atoms with E-state index >= 15 is 0 Å². The molecule has 35 heavy (non-hydrogen) atoms. The first-order valence-corrected chi connectivity index (χ1v) is 20.6. The quantitative estimate of drug-likeness (QED) is 0.420. The number of hydrogen-bond donors (Lipinski definition) is 0. The molecule has 10 rings (SSSR count). The average Bonchev–Trinajstić information content (AvgIpc) is 3.10. The van der Waals surface area contributed by atoms with Gasteiger partial charge < -0.3 is 0 Å². The van der Waals surface area contributed by atoms with E-state index in [1.165, 1.54) is 0 Å². The molecule has 0 amide bonds. The van der Waals surface area contributed by atoms with Crippen LogP contribution in [0.15, 0.2) is 0 Å². The van der Waals surface area contributed by atoms with Crippen molar-refractivity contribution in [2.24, 2.45) is 16.2 Å². The van der Waals surface area contributed by atoms with Gasteiger partial charge in [0.2, 0.25) is 0 Å². The van der Waals surface area contributed by atoms with Crippen molar-refractivity contribution in [3.63, 3.8) is 0 Å². The van der Waals surface area contributed by atoms with Gasteiger partial charge in [0.25, 0.3) is 0 Å². The van der Waals surface area contributed by atoms with Gasteiger partial charge in [-0.25, -0.2) is 0 Å². The SMILES string of the molecule is CC12CO[P+](P3([P+]45OCC(C)(CO4)CO5)([P+]45OCC(C)(CO4)CO5)OC(=O)C(C)(C)O3)(OC1)OC2. The van der Waals surface area contributed by atoms with Gasteiger partial charge in [-0.1, -0.05) is 0 Å². The molecule has 0 aromatic carbocycles. The maximum absolute atomic E-state index is 13.7. The molecule has 0 aromatic rings. The van der Waals surface area contributed by atoms with Gasteiger partial charge >= 0.3 is 205 Å². The molecule has 0 N–H and O–H groups in total. The van der Waals surface area contributed by atoms with Gasteiger partial charge in [-0.3, -0.25) is 0 Å². The maximum atomic E-state index is 13.7. The summed E-state index contributed by atoms with van der Waals surface area (Å²) >= 11 is 0. The molecule has 10 fully saturated rings. The predicted molar refractivity (Wildman–Crippen MR) is 127 cm³/mol. The summed E-state index contributed by atoms with van der Waals surface area (Å²) in [5.41, 5.74) is -2.51. The molecule has 10 aliphatic rings. The van der Waals surface area contributed by atoms with Crippen LogP contribution in [0.2, 0.25) is 0 Å². The van der Waals surface area contributed by atoms with Crippen LogP contribution in [0.4, 0.5) is 0 Å². The van der Waals surface area contributed by atoms with Crippen molar-refractivity contribution in [2.45, 2.75) is 40.2 Å². The van der Waals surface area contributed by atoms with Gasteiger partial charge in [-0.2, -0.15) is 0 Å². The van der Waals surface area contributed by atoms with Gasteiger partial charge in [0.1, 0.15) is 0 Å². The Morgan fingerprint density at radius 3 is 1.00 bits per heavy atom. The van der Waals surface area contributed by atoms with Crippen molar-refractivity contribution in [2.75, 3.05) is 59.5 Å². The number of carbonyl (C=O) groups is 1. The van der Waals surface area contributed by atoms with Crippen molar-refractivity contribution in [1.29, 1.82) is 0 Å². The zero-order valence-electron chi connectivity index (χ0n) is 20.6. The molecule has 10 heterocycles. The molecule has 0 aliphatic carbocycles. The molecular weight excluding hydrogens is 544 g/mol. The molecule has 0 saturated carbocycles. The summed E-state index contributed by atoms with van der Waals surface area (Å²) in [6, 6.07) is 0. The van der Waals surface area contributed by atoms with Gasteiger partial charge in [-0.05, 0) is 0 Å². The number of carbonyl (C=O) groups excluding carboxylic acids is 1. The summed E-state index contributed by atoms with van der Waals surface area (Å²) in [7, 11) is -11.3. The first kappa shape index (κ1) is 24.8. The molecular formula is C19H33O12P4+3. The Hall–Kier alpha value is 0.790. The summed E-state index contributed by atoms with van der Waals surface area (Å²) in [6.07, 6.45) is -5.17. The van der Waals surface area contributed by atoms with Crippen LogP contribution in [0.25, 0.3) is 0 Å². The summed E-state index contributed by atoms with van der Waals surface area (Å²) in [6.45, 7) is 12.1. The molecule has 6 bridgehead atoms. The third kappa shape index (κ3) is 2.65. The molecule has 0 unspecified atom stereocenters. The third-order valence-electron chi connectivity index (χ3n) is 7.56. The molecule has 198 valence electrons. The van der Waals surface area contributed by atoms with E-state index in [1.807, 2.05) is 20.8 Å². The van der Waals surface area contributed by atoms with Crippen LogP contribution in [0.3, 0.4) is 0 Å². The fraction of sp³-hybridized carbons (Fsp3) is 0.947. The fourth-order valence-corrected chi connectivity index (χ4v) is 43.9. The summed E-state index contributed by atoms with van der Waals surface area (Å²) in [5, 5.41) is 0. The number of hydrogen-bond acceptors (Lipinski definition) is 12. The van der Waals surface area contributed by atoms with E-state index < -0.39 is 40.6 Å². The van der Waals surface area contributed by atoms with E-state index in [4.69, 9.17) is 49.8 Å². The van der Waals surface area contributed by atoms with E-state index in [0.29, 0.717) is 59.5 Å². The molecule has 10 aliphatic heterocycles. The second kappa shape index (κ2) is 6.92. The monoisotopic (exact) mass is 577 g/mol. The number of fused-ring (bicyclic) bond motifs is 9. The fourth-order valence-electron chi connectivity index (χ4n) is 5.15. The summed E-state index contributed by atoms with van der Waals surface area (Å²) in [4.78, 5) is 13.7. The van der Waals surface area contributed by atoms with E-state index in [2.05, 4.69) is 0 Å². The van der Waals surface area contributed by atoms with E-state index in [1.54, 1.807) is 13.8 Å². The second-order valence-corrected chi connectivity index (χ2v) is 33.1. The Bertz CT molecular complexity index is 835. The Balaban J connectivity index is 1.53. The molecule has 0 aromatic heterocycles. The topological polar surface area (TPSA) is 119 Å². The predicted octanol–water partition coefficient (Wildman–Crippen LogP) is 5.00. The first-order chi connectivity index (χ1) is 16.3. The summed E-state index contributed by atoms with van der Waals surface area (Å²) in [5.74, 6) is -0.632. The van der Waals surface area contributed by atoms with Crippen molar-refractivity contribution in [1.82, 2.24) is 0 Å². The van der Waals surface area contributed by atoms with Crippen molar-refractivity contribution in [3.8, 4) is 0 Å². The zero-order chi connectivity index (χ0) is 24.7. The van der Waals surface area contributed by atoms with Gasteiger partial charge in [-0.15, -0.1) is 0 Å². The van der Waals surface area contributed by atoms with Crippen LogP contribution in [0, 0.1) is 16.2 Å². The Morgan fingerprint density at radius 1 is 0.543 bits per heavy atom.